The lowest BCUT2D eigenvalue weighted by Crippen LogP contribution is -2.27. The zero-order chi connectivity index (χ0) is 13.9. The Morgan fingerprint density at radius 2 is 1.47 bits per heavy atom. The van der Waals surface area contributed by atoms with Crippen LogP contribution in [-0.2, 0) is 0 Å². The summed E-state index contributed by atoms with van der Waals surface area (Å²) in [4.78, 5) is 0. The summed E-state index contributed by atoms with van der Waals surface area (Å²) in [5.41, 5.74) is 0.542. The number of hydrogen-bond donors (Lipinski definition) is 1. The zero-order valence-electron chi connectivity index (χ0n) is 9.79. The molecule has 0 fully saturated rings. The van der Waals surface area contributed by atoms with Crippen molar-refractivity contribution in [3.8, 4) is 0 Å². The minimum Gasteiger partial charge on any atom is -0.370 e. The molecule has 0 bridgehead atoms. The summed E-state index contributed by atoms with van der Waals surface area (Å²) in [6, 6.07) is 12.1. The number of alkyl halides is 3. The molecule has 0 aliphatic heterocycles. The maximum Gasteiger partial charge on any atom is 0.412 e. The minimum absolute atomic E-state index is 0.171. The van der Waals surface area contributed by atoms with Crippen molar-refractivity contribution >= 4 is 17.3 Å². The molecule has 0 spiro atoms. The normalized spacial score (nSPS) is 13.1. The first-order chi connectivity index (χ1) is 8.97. The molecule has 1 N–H and O–H groups in total. The largest absolute Gasteiger partial charge is 0.412 e. The molecule has 2 aromatic rings. The van der Waals surface area contributed by atoms with E-state index in [4.69, 9.17) is 11.6 Å². The second-order valence-corrected chi connectivity index (χ2v) is 4.47. The highest BCUT2D eigenvalue weighted by molar-refractivity contribution is 6.30. The van der Waals surface area contributed by atoms with Gasteiger partial charge in [0.15, 0.2) is 0 Å². The Hall–Kier alpha value is -1.68. The molecule has 0 aliphatic rings. The van der Waals surface area contributed by atoms with Crippen molar-refractivity contribution in [2.24, 2.45) is 0 Å². The van der Waals surface area contributed by atoms with Gasteiger partial charge >= 0.3 is 6.18 Å². The molecule has 1 atom stereocenters. The van der Waals surface area contributed by atoms with Gasteiger partial charge in [0.2, 0.25) is 0 Å². The Kier molecular flexibility index (Phi) is 4.00. The first-order valence-corrected chi connectivity index (χ1v) is 5.98. The van der Waals surface area contributed by atoms with Crippen molar-refractivity contribution in [3.05, 3.63) is 65.2 Å². The van der Waals surface area contributed by atoms with Gasteiger partial charge in [-0.3, -0.25) is 0 Å². The average molecular weight is 286 g/mol. The van der Waals surface area contributed by atoms with Gasteiger partial charge in [-0.25, -0.2) is 0 Å². The summed E-state index contributed by atoms with van der Waals surface area (Å²) in [6.45, 7) is 0. The molecule has 2 aromatic carbocycles. The van der Waals surface area contributed by atoms with Crippen molar-refractivity contribution in [1.82, 2.24) is 0 Å². The van der Waals surface area contributed by atoms with Crippen molar-refractivity contribution in [1.29, 1.82) is 0 Å². The van der Waals surface area contributed by atoms with Crippen LogP contribution in [0.1, 0.15) is 11.6 Å². The second kappa shape index (κ2) is 5.53. The molecule has 1 nitrogen and oxygen atoms in total. The molecule has 0 heterocycles. The van der Waals surface area contributed by atoms with E-state index < -0.39 is 12.2 Å². The molecular formula is C14H11ClF3N. The third-order valence-corrected chi connectivity index (χ3v) is 2.87. The fourth-order valence-electron chi connectivity index (χ4n) is 1.71. The van der Waals surface area contributed by atoms with E-state index in [9.17, 15) is 13.2 Å². The van der Waals surface area contributed by atoms with Crippen LogP contribution in [0.4, 0.5) is 18.9 Å². The SMILES string of the molecule is FC(F)(F)C(Nc1ccc(Cl)cc1)c1ccccc1. The molecule has 0 radical (unpaired) electrons. The van der Waals surface area contributed by atoms with Crippen LogP contribution in [0.2, 0.25) is 5.02 Å². The van der Waals surface area contributed by atoms with Crippen LogP contribution < -0.4 is 5.32 Å². The predicted molar refractivity (Wildman–Crippen MR) is 70.3 cm³/mol. The molecule has 19 heavy (non-hydrogen) atoms. The monoisotopic (exact) mass is 285 g/mol. The van der Waals surface area contributed by atoms with E-state index in [1.165, 1.54) is 24.3 Å². The molecule has 2 rings (SSSR count). The minimum atomic E-state index is -4.37. The van der Waals surface area contributed by atoms with Crippen LogP contribution in [0.25, 0.3) is 0 Å². The smallest absolute Gasteiger partial charge is 0.370 e. The Morgan fingerprint density at radius 1 is 0.895 bits per heavy atom. The van der Waals surface area contributed by atoms with Crippen molar-refractivity contribution < 1.29 is 13.2 Å². The Labute approximate surface area is 114 Å². The van der Waals surface area contributed by atoms with Gasteiger partial charge in [0.25, 0.3) is 0 Å². The zero-order valence-corrected chi connectivity index (χ0v) is 10.5. The van der Waals surface area contributed by atoms with Gasteiger partial charge in [-0.2, -0.15) is 13.2 Å². The predicted octanol–water partition coefficient (Wildman–Crippen LogP) is 5.06. The third kappa shape index (κ3) is 3.64. The van der Waals surface area contributed by atoms with Crippen molar-refractivity contribution in [2.75, 3.05) is 5.32 Å². The van der Waals surface area contributed by atoms with Gasteiger partial charge in [-0.1, -0.05) is 41.9 Å². The fourth-order valence-corrected chi connectivity index (χ4v) is 1.84. The van der Waals surface area contributed by atoms with E-state index in [1.807, 2.05) is 0 Å². The van der Waals surface area contributed by atoms with E-state index in [-0.39, 0.29) is 5.56 Å². The first-order valence-electron chi connectivity index (χ1n) is 5.60. The van der Waals surface area contributed by atoms with Crippen molar-refractivity contribution in [3.63, 3.8) is 0 Å². The molecular weight excluding hydrogens is 275 g/mol. The van der Waals surface area contributed by atoms with Gasteiger partial charge in [0.05, 0.1) is 0 Å². The lowest BCUT2D eigenvalue weighted by Gasteiger charge is -2.23. The second-order valence-electron chi connectivity index (χ2n) is 4.04. The molecule has 0 saturated carbocycles. The maximum absolute atomic E-state index is 13.1. The quantitative estimate of drug-likeness (QED) is 0.831. The maximum atomic E-state index is 13.1. The van der Waals surface area contributed by atoms with Gasteiger partial charge < -0.3 is 5.32 Å². The van der Waals surface area contributed by atoms with Gasteiger partial charge in [-0.15, -0.1) is 0 Å². The number of rotatable bonds is 3. The number of anilines is 1. The van der Waals surface area contributed by atoms with Gasteiger partial charge in [0, 0.05) is 10.7 Å². The summed E-state index contributed by atoms with van der Waals surface area (Å²) in [7, 11) is 0. The molecule has 0 aliphatic carbocycles. The standard InChI is InChI=1S/C14H11ClF3N/c15-11-6-8-12(9-7-11)19-13(14(16,17)18)10-4-2-1-3-5-10/h1-9,13,19H. The molecule has 0 amide bonds. The van der Waals surface area contributed by atoms with E-state index in [2.05, 4.69) is 5.32 Å². The van der Waals surface area contributed by atoms with Crippen LogP contribution in [0.15, 0.2) is 54.6 Å². The molecule has 100 valence electrons. The molecule has 0 aromatic heterocycles. The van der Waals surface area contributed by atoms with Crippen LogP contribution in [0.5, 0.6) is 0 Å². The highest BCUT2D eigenvalue weighted by Gasteiger charge is 2.40. The van der Waals surface area contributed by atoms with Crippen LogP contribution in [0.3, 0.4) is 0 Å². The summed E-state index contributed by atoms with van der Waals surface area (Å²) in [5, 5.41) is 2.96. The topological polar surface area (TPSA) is 12.0 Å². The Bertz CT molecular complexity index is 523. The average Bonchev–Trinajstić information content (AvgIpc) is 2.37. The highest BCUT2D eigenvalue weighted by Crippen LogP contribution is 2.35. The lowest BCUT2D eigenvalue weighted by molar-refractivity contribution is -0.144. The number of hydrogen-bond acceptors (Lipinski definition) is 1. The molecule has 5 heteroatoms. The van der Waals surface area contributed by atoms with Crippen LogP contribution >= 0.6 is 11.6 Å². The van der Waals surface area contributed by atoms with Crippen LogP contribution in [-0.4, -0.2) is 6.18 Å². The highest BCUT2D eigenvalue weighted by atomic mass is 35.5. The number of benzene rings is 2. The summed E-state index contributed by atoms with van der Waals surface area (Å²) in [6.07, 6.45) is -4.37. The Morgan fingerprint density at radius 3 is 2.00 bits per heavy atom. The van der Waals surface area contributed by atoms with Crippen LogP contribution in [0, 0.1) is 0 Å². The van der Waals surface area contributed by atoms with E-state index in [0.29, 0.717) is 10.7 Å². The summed E-state index contributed by atoms with van der Waals surface area (Å²) in [5.74, 6) is 0. The number of halogens is 4. The van der Waals surface area contributed by atoms with Crippen molar-refractivity contribution in [2.45, 2.75) is 12.2 Å². The summed E-state index contributed by atoms with van der Waals surface area (Å²) >= 11 is 5.71. The van der Waals surface area contributed by atoms with E-state index in [1.54, 1.807) is 30.3 Å². The van der Waals surface area contributed by atoms with Gasteiger partial charge in [0.1, 0.15) is 6.04 Å². The fraction of sp³-hybridized carbons (Fsp3) is 0.143. The third-order valence-electron chi connectivity index (χ3n) is 2.62. The van der Waals surface area contributed by atoms with E-state index in [0.717, 1.165) is 0 Å². The molecule has 1 unspecified atom stereocenters. The van der Waals surface area contributed by atoms with Gasteiger partial charge in [-0.05, 0) is 29.8 Å². The first kappa shape index (κ1) is 13.7. The lowest BCUT2D eigenvalue weighted by atomic mass is 10.1. The number of nitrogens with one attached hydrogen (secondary N) is 1. The summed E-state index contributed by atoms with van der Waals surface area (Å²) < 4.78 is 39.2. The molecule has 0 saturated heterocycles. The van der Waals surface area contributed by atoms with E-state index >= 15 is 0 Å². The Balaban J connectivity index is 2.27.